The van der Waals surface area contributed by atoms with Crippen molar-refractivity contribution in [2.75, 3.05) is 0 Å². The molecule has 0 amide bonds. The fourth-order valence-electron chi connectivity index (χ4n) is 1.74. The first-order valence-corrected chi connectivity index (χ1v) is 6.93. The number of benzene rings is 1. The fourth-order valence-corrected chi connectivity index (χ4v) is 2.32. The third-order valence-electron chi connectivity index (χ3n) is 2.57. The van der Waals surface area contributed by atoms with E-state index in [2.05, 4.69) is 33.1 Å². The van der Waals surface area contributed by atoms with Gasteiger partial charge in [-0.15, -0.1) is 21.8 Å². The summed E-state index contributed by atoms with van der Waals surface area (Å²) < 4.78 is 15.6. The Balaban J connectivity index is 2.49. The van der Waals surface area contributed by atoms with Crippen molar-refractivity contribution in [3.05, 3.63) is 34.3 Å². The van der Waals surface area contributed by atoms with Gasteiger partial charge in [0.2, 0.25) is 0 Å². The number of alkyl halides is 1. The van der Waals surface area contributed by atoms with E-state index < -0.39 is 0 Å². The Bertz CT molecular complexity index is 556. The molecule has 18 heavy (non-hydrogen) atoms. The van der Waals surface area contributed by atoms with Crippen LogP contribution >= 0.6 is 27.5 Å². The molecule has 0 saturated heterocycles. The van der Waals surface area contributed by atoms with Crippen molar-refractivity contribution in [2.45, 2.75) is 25.8 Å². The zero-order valence-electron chi connectivity index (χ0n) is 9.83. The Labute approximate surface area is 118 Å². The highest BCUT2D eigenvalue weighted by atomic mass is 79.9. The van der Waals surface area contributed by atoms with Gasteiger partial charge < -0.3 is 4.57 Å². The van der Waals surface area contributed by atoms with Crippen molar-refractivity contribution in [1.29, 1.82) is 0 Å². The number of rotatable bonds is 4. The Morgan fingerprint density at radius 1 is 1.39 bits per heavy atom. The molecular weight excluding hydrogens is 321 g/mol. The van der Waals surface area contributed by atoms with Crippen LogP contribution in [0.5, 0.6) is 0 Å². The van der Waals surface area contributed by atoms with Crippen LogP contribution in [0.2, 0.25) is 0 Å². The predicted octanol–water partition coefficient (Wildman–Crippen LogP) is 4.00. The van der Waals surface area contributed by atoms with Crippen molar-refractivity contribution in [2.24, 2.45) is 0 Å². The molecule has 0 fully saturated rings. The maximum atomic E-state index is 13.2. The van der Waals surface area contributed by atoms with Gasteiger partial charge in [0, 0.05) is 12.1 Å². The first-order valence-electron chi connectivity index (χ1n) is 5.60. The molecule has 96 valence electrons. The third-order valence-corrected chi connectivity index (χ3v) is 3.42. The molecule has 0 N–H and O–H groups in total. The van der Waals surface area contributed by atoms with Crippen LogP contribution in [0.15, 0.2) is 22.7 Å². The summed E-state index contributed by atoms with van der Waals surface area (Å²) in [5.74, 6) is 1.47. The highest BCUT2D eigenvalue weighted by Crippen LogP contribution is 2.25. The minimum atomic E-state index is -0.294. The van der Waals surface area contributed by atoms with Crippen molar-refractivity contribution in [3.8, 4) is 11.4 Å². The first kappa shape index (κ1) is 13.5. The molecule has 2 aromatic rings. The van der Waals surface area contributed by atoms with Gasteiger partial charge in [0.05, 0.1) is 10.4 Å². The summed E-state index contributed by atoms with van der Waals surface area (Å²) in [6.07, 6.45) is 0.956. The molecule has 0 aliphatic rings. The summed E-state index contributed by atoms with van der Waals surface area (Å²) >= 11 is 9.00. The highest BCUT2D eigenvalue weighted by Gasteiger charge is 2.13. The van der Waals surface area contributed by atoms with Gasteiger partial charge in [-0.3, -0.25) is 0 Å². The normalized spacial score (nSPS) is 10.9. The van der Waals surface area contributed by atoms with Gasteiger partial charge in [-0.1, -0.05) is 6.92 Å². The molecule has 1 aromatic heterocycles. The molecule has 0 radical (unpaired) electrons. The smallest absolute Gasteiger partial charge is 0.164 e. The van der Waals surface area contributed by atoms with E-state index in [9.17, 15) is 4.39 Å². The Kier molecular flexibility index (Phi) is 4.35. The van der Waals surface area contributed by atoms with E-state index in [1.807, 2.05) is 4.57 Å². The quantitative estimate of drug-likeness (QED) is 0.792. The number of aromatic nitrogens is 3. The molecule has 0 saturated carbocycles. The maximum Gasteiger partial charge on any atom is 0.164 e. The van der Waals surface area contributed by atoms with Crippen LogP contribution in [0.3, 0.4) is 0 Å². The molecule has 0 aliphatic heterocycles. The highest BCUT2D eigenvalue weighted by molar-refractivity contribution is 9.10. The first-order chi connectivity index (χ1) is 8.67. The van der Waals surface area contributed by atoms with Crippen molar-refractivity contribution in [1.82, 2.24) is 14.8 Å². The van der Waals surface area contributed by atoms with Gasteiger partial charge in [0.1, 0.15) is 11.6 Å². The Morgan fingerprint density at radius 3 is 2.78 bits per heavy atom. The summed E-state index contributed by atoms with van der Waals surface area (Å²) in [5, 5.41) is 8.19. The average Bonchev–Trinajstić information content (AvgIpc) is 2.76. The van der Waals surface area contributed by atoms with E-state index >= 15 is 0 Å². The second kappa shape index (κ2) is 5.80. The van der Waals surface area contributed by atoms with E-state index in [0.717, 1.165) is 24.4 Å². The number of nitrogens with zero attached hydrogens (tertiary/aromatic N) is 3. The molecule has 1 aromatic carbocycles. The predicted molar refractivity (Wildman–Crippen MR) is 73.0 cm³/mol. The van der Waals surface area contributed by atoms with Crippen LogP contribution < -0.4 is 0 Å². The van der Waals surface area contributed by atoms with E-state index in [0.29, 0.717) is 16.2 Å². The Hall–Kier alpha value is -0.940. The SMILES string of the molecule is CCCn1c(CCl)nnc1-c1ccc(F)c(Br)c1. The summed E-state index contributed by atoms with van der Waals surface area (Å²) in [6, 6.07) is 4.79. The van der Waals surface area contributed by atoms with Crippen LogP contribution in [-0.2, 0) is 12.4 Å². The van der Waals surface area contributed by atoms with Gasteiger partial charge in [-0.05, 0) is 40.5 Å². The lowest BCUT2D eigenvalue weighted by Gasteiger charge is -2.08. The van der Waals surface area contributed by atoms with E-state index in [1.54, 1.807) is 12.1 Å². The third kappa shape index (κ3) is 2.57. The lowest BCUT2D eigenvalue weighted by Crippen LogP contribution is -2.04. The van der Waals surface area contributed by atoms with Crippen LogP contribution in [0.25, 0.3) is 11.4 Å². The fraction of sp³-hybridized carbons (Fsp3) is 0.333. The molecule has 0 atom stereocenters. The van der Waals surface area contributed by atoms with E-state index in [1.165, 1.54) is 6.07 Å². The van der Waals surface area contributed by atoms with E-state index in [-0.39, 0.29) is 5.82 Å². The molecule has 2 rings (SSSR count). The lowest BCUT2D eigenvalue weighted by atomic mass is 10.2. The van der Waals surface area contributed by atoms with Crippen molar-refractivity contribution in [3.63, 3.8) is 0 Å². The molecule has 3 nitrogen and oxygen atoms in total. The molecular formula is C12H12BrClFN3. The monoisotopic (exact) mass is 331 g/mol. The van der Waals surface area contributed by atoms with Gasteiger partial charge in [0.25, 0.3) is 0 Å². The zero-order chi connectivity index (χ0) is 13.1. The van der Waals surface area contributed by atoms with Gasteiger partial charge in [-0.25, -0.2) is 4.39 Å². The second-order valence-electron chi connectivity index (χ2n) is 3.85. The summed E-state index contributed by atoms with van der Waals surface area (Å²) in [4.78, 5) is 0. The topological polar surface area (TPSA) is 30.7 Å². The number of hydrogen-bond acceptors (Lipinski definition) is 2. The van der Waals surface area contributed by atoms with Gasteiger partial charge >= 0.3 is 0 Å². The van der Waals surface area contributed by atoms with Crippen LogP contribution in [-0.4, -0.2) is 14.8 Å². The molecule has 0 bridgehead atoms. The van der Waals surface area contributed by atoms with Crippen molar-refractivity contribution >= 4 is 27.5 Å². The molecule has 0 spiro atoms. The summed E-state index contributed by atoms with van der Waals surface area (Å²) in [6.45, 7) is 2.86. The van der Waals surface area contributed by atoms with E-state index in [4.69, 9.17) is 11.6 Å². The van der Waals surface area contributed by atoms with Gasteiger partial charge in [0.15, 0.2) is 5.82 Å². The molecule has 0 unspecified atom stereocenters. The van der Waals surface area contributed by atoms with Crippen molar-refractivity contribution < 1.29 is 4.39 Å². The molecule has 0 aliphatic carbocycles. The van der Waals surface area contributed by atoms with Gasteiger partial charge in [-0.2, -0.15) is 0 Å². The average molecular weight is 333 g/mol. The van der Waals surface area contributed by atoms with Crippen LogP contribution in [0.1, 0.15) is 19.2 Å². The Morgan fingerprint density at radius 2 is 2.17 bits per heavy atom. The number of hydrogen-bond donors (Lipinski definition) is 0. The standard InChI is InChI=1S/C12H12BrClFN3/c1-2-5-18-11(7-14)16-17-12(18)8-3-4-10(15)9(13)6-8/h3-4,6H,2,5,7H2,1H3. The lowest BCUT2D eigenvalue weighted by molar-refractivity contribution is 0.621. The summed E-state index contributed by atoms with van der Waals surface area (Å²) in [5.41, 5.74) is 0.820. The largest absolute Gasteiger partial charge is 0.310 e. The van der Waals surface area contributed by atoms with Crippen LogP contribution in [0, 0.1) is 5.82 Å². The maximum absolute atomic E-state index is 13.2. The summed E-state index contributed by atoms with van der Waals surface area (Å²) in [7, 11) is 0. The number of halogens is 3. The molecule has 1 heterocycles. The van der Waals surface area contributed by atoms with Crippen LogP contribution in [0.4, 0.5) is 4.39 Å². The minimum Gasteiger partial charge on any atom is -0.310 e. The molecule has 6 heteroatoms. The minimum absolute atomic E-state index is 0.294. The second-order valence-corrected chi connectivity index (χ2v) is 4.98. The zero-order valence-corrected chi connectivity index (χ0v) is 12.2.